The summed E-state index contributed by atoms with van der Waals surface area (Å²) in [6, 6.07) is 10.4. The van der Waals surface area contributed by atoms with Gasteiger partial charge >= 0.3 is 0 Å². The van der Waals surface area contributed by atoms with Crippen LogP contribution in [-0.4, -0.2) is 29.6 Å². The lowest BCUT2D eigenvalue weighted by Crippen LogP contribution is -2.16. The van der Waals surface area contributed by atoms with Gasteiger partial charge in [-0.05, 0) is 25.5 Å². The topological polar surface area (TPSA) is 49.8 Å². The quantitative estimate of drug-likeness (QED) is 0.902. The molecule has 1 aromatic carbocycles. The zero-order valence-electron chi connectivity index (χ0n) is 12.5. The maximum absolute atomic E-state index is 4.82. The van der Waals surface area contributed by atoms with Gasteiger partial charge in [0.15, 0.2) is 0 Å². The zero-order valence-corrected chi connectivity index (χ0v) is 12.5. The van der Waals surface area contributed by atoms with Crippen molar-refractivity contribution in [1.82, 2.24) is 15.3 Å². The summed E-state index contributed by atoms with van der Waals surface area (Å²) in [6.45, 7) is 5.01. The van der Waals surface area contributed by atoms with Gasteiger partial charge in [0.05, 0.1) is 5.69 Å². The lowest BCUT2D eigenvalue weighted by atomic mass is 10.1. The van der Waals surface area contributed by atoms with Crippen LogP contribution in [0.3, 0.4) is 0 Å². The number of benzene rings is 1. The van der Waals surface area contributed by atoms with Gasteiger partial charge in [-0.1, -0.05) is 30.3 Å². The molecule has 0 amide bonds. The Labute approximate surface area is 126 Å². The number of hydrogen-bond acceptors (Lipinski definition) is 4. The highest BCUT2D eigenvalue weighted by Gasteiger charge is 2.16. The molecule has 0 unspecified atom stereocenters. The van der Waals surface area contributed by atoms with E-state index in [0.717, 1.165) is 50.5 Å². The molecule has 0 saturated heterocycles. The summed E-state index contributed by atoms with van der Waals surface area (Å²) in [6.07, 6.45) is 2.78. The van der Waals surface area contributed by atoms with Gasteiger partial charge in [0.25, 0.3) is 0 Å². The van der Waals surface area contributed by atoms with E-state index in [4.69, 9.17) is 9.97 Å². The molecule has 2 aromatic rings. The van der Waals surface area contributed by atoms with Gasteiger partial charge in [-0.3, -0.25) is 0 Å². The van der Waals surface area contributed by atoms with Crippen molar-refractivity contribution in [2.45, 2.75) is 26.2 Å². The van der Waals surface area contributed by atoms with E-state index in [9.17, 15) is 0 Å². The third-order valence-corrected chi connectivity index (χ3v) is 3.78. The van der Waals surface area contributed by atoms with Crippen LogP contribution in [0.1, 0.15) is 29.6 Å². The predicted molar refractivity (Wildman–Crippen MR) is 85.7 cm³/mol. The first-order valence-electron chi connectivity index (χ1n) is 7.74. The summed E-state index contributed by atoms with van der Waals surface area (Å²) in [5, 5.41) is 6.85. The van der Waals surface area contributed by atoms with E-state index in [2.05, 4.69) is 41.8 Å². The SMILES string of the molecule is CCNc1nc(Cc2ccccc2)nc2c1CCNCC2. The Morgan fingerprint density at radius 2 is 1.90 bits per heavy atom. The second-order valence-electron chi connectivity index (χ2n) is 5.36. The fraction of sp³-hybridized carbons (Fsp3) is 0.412. The fourth-order valence-corrected chi connectivity index (χ4v) is 2.77. The predicted octanol–water partition coefficient (Wildman–Crippen LogP) is 2.19. The highest BCUT2D eigenvalue weighted by molar-refractivity contribution is 5.48. The first-order valence-corrected chi connectivity index (χ1v) is 7.74. The minimum absolute atomic E-state index is 0.792. The van der Waals surface area contributed by atoms with Crippen LogP contribution < -0.4 is 10.6 Å². The van der Waals surface area contributed by atoms with E-state index in [1.54, 1.807) is 0 Å². The number of anilines is 1. The fourth-order valence-electron chi connectivity index (χ4n) is 2.77. The molecule has 2 N–H and O–H groups in total. The van der Waals surface area contributed by atoms with Crippen molar-refractivity contribution in [2.75, 3.05) is 25.0 Å². The Hall–Kier alpha value is -1.94. The molecular formula is C17H22N4. The number of nitrogens with zero attached hydrogens (tertiary/aromatic N) is 2. The van der Waals surface area contributed by atoms with Gasteiger partial charge in [0.1, 0.15) is 11.6 Å². The normalized spacial score (nSPS) is 14.3. The third-order valence-electron chi connectivity index (χ3n) is 3.78. The smallest absolute Gasteiger partial charge is 0.135 e. The van der Waals surface area contributed by atoms with Crippen molar-refractivity contribution < 1.29 is 0 Å². The van der Waals surface area contributed by atoms with E-state index in [0.29, 0.717) is 0 Å². The van der Waals surface area contributed by atoms with Crippen LogP contribution in [0, 0.1) is 0 Å². The molecule has 1 aliphatic rings. The van der Waals surface area contributed by atoms with Crippen molar-refractivity contribution in [2.24, 2.45) is 0 Å². The number of hydrogen-bond donors (Lipinski definition) is 2. The Kier molecular flexibility index (Phi) is 4.46. The van der Waals surface area contributed by atoms with Crippen molar-refractivity contribution in [1.29, 1.82) is 0 Å². The standard InChI is InChI=1S/C17H22N4/c1-2-19-17-14-8-10-18-11-9-15(14)20-16(21-17)12-13-6-4-3-5-7-13/h3-7,18H,2,8-12H2,1H3,(H,19,20,21). The monoisotopic (exact) mass is 282 g/mol. The number of fused-ring (bicyclic) bond motifs is 1. The Balaban J connectivity index is 1.94. The Bertz CT molecular complexity index is 595. The molecule has 1 aliphatic heterocycles. The molecule has 0 aliphatic carbocycles. The summed E-state index contributed by atoms with van der Waals surface area (Å²) < 4.78 is 0. The van der Waals surface area contributed by atoms with Crippen LogP contribution >= 0.6 is 0 Å². The average Bonchev–Trinajstić information content (AvgIpc) is 2.74. The number of nitrogens with one attached hydrogen (secondary N) is 2. The molecule has 110 valence electrons. The molecule has 0 bridgehead atoms. The molecule has 2 heterocycles. The summed E-state index contributed by atoms with van der Waals surface area (Å²) in [7, 11) is 0. The van der Waals surface area contributed by atoms with Gasteiger partial charge in [0, 0.05) is 31.5 Å². The molecule has 4 nitrogen and oxygen atoms in total. The molecule has 0 saturated carbocycles. The zero-order chi connectivity index (χ0) is 14.5. The lowest BCUT2D eigenvalue weighted by molar-refractivity contribution is 0.708. The summed E-state index contributed by atoms with van der Waals surface area (Å²) in [4.78, 5) is 9.58. The van der Waals surface area contributed by atoms with E-state index < -0.39 is 0 Å². The van der Waals surface area contributed by atoms with E-state index in [1.807, 2.05) is 6.07 Å². The minimum atomic E-state index is 0.792. The maximum atomic E-state index is 4.82. The highest BCUT2D eigenvalue weighted by Crippen LogP contribution is 2.20. The van der Waals surface area contributed by atoms with Crippen molar-refractivity contribution in [3.05, 3.63) is 53.0 Å². The molecule has 21 heavy (non-hydrogen) atoms. The van der Waals surface area contributed by atoms with Crippen LogP contribution in [0.4, 0.5) is 5.82 Å². The van der Waals surface area contributed by atoms with Gasteiger partial charge < -0.3 is 10.6 Å². The number of rotatable bonds is 4. The van der Waals surface area contributed by atoms with Gasteiger partial charge in [0.2, 0.25) is 0 Å². The molecule has 1 aromatic heterocycles. The van der Waals surface area contributed by atoms with Crippen molar-refractivity contribution in [3.8, 4) is 0 Å². The highest BCUT2D eigenvalue weighted by atomic mass is 15.0. The molecule has 4 heteroatoms. The van der Waals surface area contributed by atoms with Crippen LogP contribution in [0.25, 0.3) is 0 Å². The maximum Gasteiger partial charge on any atom is 0.135 e. The summed E-state index contributed by atoms with van der Waals surface area (Å²) >= 11 is 0. The summed E-state index contributed by atoms with van der Waals surface area (Å²) in [5.41, 5.74) is 3.75. The average molecular weight is 282 g/mol. The van der Waals surface area contributed by atoms with Crippen molar-refractivity contribution in [3.63, 3.8) is 0 Å². The van der Waals surface area contributed by atoms with Gasteiger partial charge in [-0.15, -0.1) is 0 Å². The molecule has 0 fully saturated rings. The lowest BCUT2D eigenvalue weighted by Gasteiger charge is -2.14. The largest absolute Gasteiger partial charge is 0.370 e. The van der Waals surface area contributed by atoms with Crippen LogP contribution in [-0.2, 0) is 19.3 Å². The molecule has 0 spiro atoms. The van der Waals surface area contributed by atoms with E-state index >= 15 is 0 Å². The molecule has 0 atom stereocenters. The third kappa shape index (κ3) is 3.39. The Morgan fingerprint density at radius 1 is 1.10 bits per heavy atom. The molecule has 3 rings (SSSR count). The number of aromatic nitrogens is 2. The first kappa shape index (κ1) is 14.0. The Morgan fingerprint density at radius 3 is 2.71 bits per heavy atom. The minimum Gasteiger partial charge on any atom is -0.370 e. The van der Waals surface area contributed by atoms with Crippen molar-refractivity contribution >= 4 is 5.82 Å². The summed E-state index contributed by atoms with van der Waals surface area (Å²) in [5.74, 6) is 1.94. The van der Waals surface area contributed by atoms with Crippen LogP contribution in [0.15, 0.2) is 30.3 Å². The van der Waals surface area contributed by atoms with E-state index in [-0.39, 0.29) is 0 Å². The van der Waals surface area contributed by atoms with Crippen LogP contribution in [0.2, 0.25) is 0 Å². The van der Waals surface area contributed by atoms with Gasteiger partial charge in [-0.25, -0.2) is 9.97 Å². The second kappa shape index (κ2) is 6.68. The van der Waals surface area contributed by atoms with Gasteiger partial charge in [-0.2, -0.15) is 0 Å². The first-order chi connectivity index (χ1) is 10.4. The van der Waals surface area contributed by atoms with E-state index in [1.165, 1.54) is 16.8 Å². The molecular weight excluding hydrogens is 260 g/mol. The van der Waals surface area contributed by atoms with Crippen LogP contribution in [0.5, 0.6) is 0 Å². The molecule has 0 radical (unpaired) electrons. The second-order valence-corrected chi connectivity index (χ2v) is 5.36.